The number of nitrogens with one attached hydrogen (secondary N) is 1. The Hall–Kier alpha value is -0.620. The first-order valence-electron chi connectivity index (χ1n) is 6.45. The van der Waals surface area contributed by atoms with Gasteiger partial charge in [-0.15, -0.1) is 0 Å². The largest absolute Gasteiger partial charge is 0.497 e. The highest BCUT2D eigenvalue weighted by molar-refractivity contribution is 9.10. The molecule has 0 spiro atoms. The van der Waals surface area contributed by atoms with Gasteiger partial charge in [0.1, 0.15) is 5.75 Å². The number of aliphatic hydroxyl groups excluding tert-OH is 1. The number of hydrogen-bond donors (Lipinski definition) is 2. The molecule has 19 heavy (non-hydrogen) atoms. The lowest BCUT2D eigenvalue weighted by Gasteiger charge is -2.36. The average Bonchev–Trinajstić information content (AvgIpc) is 2.47. The van der Waals surface area contributed by atoms with Gasteiger partial charge in [-0.05, 0) is 36.6 Å². The van der Waals surface area contributed by atoms with E-state index in [1.165, 1.54) is 0 Å². The van der Waals surface area contributed by atoms with E-state index in [0.717, 1.165) is 28.6 Å². The van der Waals surface area contributed by atoms with Crippen LogP contribution in [0.5, 0.6) is 5.75 Å². The van der Waals surface area contributed by atoms with Crippen molar-refractivity contribution in [3.05, 3.63) is 28.2 Å². The van der Waals surface area contributed by atoms with Gasteiger partial charge in [0.2, 0.25) is 0 Å². The van der Waals surface area contributed by atoms with E-state index in [9.17, 15) is 5.11 Å². The summed E-state index contributed by atoms with van der Waals surface area (Å²) in [6, 6.07) is 5.90. The molecule has 1 aromatic carbocycles. The fourth-order valence-electron chi connectivity index (χ4n) is 2.25. The molecule has 1 saturated heterocycles. The molecule has 106 valence electrons. The molecule has 1 aliphatic heterocycles. The van der Waals surface area contributed by atoms with Gasteiger partial charge in [0.15, 0.2) is 0 Å². The monoisotopic (exact) mass is 329 g/mol. The quantitative estimate of drug-likeness (QED) is 0.868. The summed E-state index contributed by atoms with van der Waals surface area (Å²) >= 11 is 3.54. The smallest absolute Gasteiger partial charge is 0.119 e. The van der Waals surface area contributed by atoms with Crippen molar-refractivity contribution in [1.82, 2.24) is 5.32 Å². The van der Waals surface area contributed by atoms with E-state index in [0.29, 0.717) is 19.8 Å². The van der Waals surface area contributed by atoms with Crippen molar-refractivity contribution in [2.24, 2.45) is 0 Å². The standard InChI is InChI=1S/C14H20BrNO3/c1-18-12-2-3-13(15)11(8-12)9-16-14(10-17)4-6-19-7-5-14/h2-3,8,16-17H,4-7,9-10H2,1H3. The van der Waals surface area contributed by atoms with Crippen LogP contribution >= 0.6 is 15.9 Å². The lowest BCUT2D eigenvalue weighted by molar-refractivity contribution is 0.0111. The summed E-state index contributed by atoms with van der Waals surface area (Å²) in [7, 11) is 1.66. The van der Waals surface area contributed by atoms with Crippen molar-refractivity contribution in [3.8, 4) is 5.75 Å². The summed E-state index contributed by atoms with van der Waals surface area (Å²) < 4.78 is 11.6. The number of aliphatic hydroxyl groups is 1. The minimum absolute atomic E-state index is 0.137. The first-order valence-corrected chi connectivity index (χ1v) is 7.24. The highest BCUT2D eigenvalue weighted by Crippen LogP contribution is 2.25. The predicted molar refractivity (Wildman–Crippen MR) is 77.4 cm³/mol. The molecule has 1 heterocycles. The summed E-state index contributed by atoms with van der Waals surface area (Å²) in [6.45, 7) is 2.23. The van der Waals surface area contributed by atoms with E-state index in [1.807, 2.05) is 18.2 Å². The molecule has 4 nitrogen and oxygen atoms in total. The van der Waals surface area contributed by atoms with Crippen molar-refractivity contribution >= 4 is 15.9 Å². The summed E-state index contributed by atoms with van der Waals surface area (Å²) in [5, 5.41) is 13.1. The molecule has 1 fully saturated rings. The topological polar surface area (TPSA) is 50.7 Å². The van der Waals surface area contributed by atoms with Gasteiger partial charge in [0.25, 0.3) is 0 Å². The van der Waals surface area contributed by atoms with Crippen LogP contribution in [0.3, 0.4) is 0 Å². The third-order valence-electron chi connectivity index (χ3n) is 3.66. The van der Waals surface area contributed by atoms with Crippen LogP contribution in [-0.2, 0) is 11.3 Å². The Morgan fingerprint density at radius 3 is 2.79 bits per heavy atom. The van der Waals surface area contributed by atoms with Crippen molar-refractivity contribution in [2.45, 2.75) is 24.9 Å². The molecular formula is C14H20BrNO3. The first kappa shape index (κ1) is 14.8. The summed E-state index contributed by atoms with van der Waals surface area (Å²) in [5.74, 6) is 0.838. The van der Waals surface area contributed by atoms with Crippen LogP contribution in [0.25, 0.3) is 0 Å². The van der Waals surface area contributed by atoms with E-state index < -0.39 is 0 Å². The van der Waals surface area contributed by atoms with Crippen LogP contribution in [0.2, 0.25) is 0 Å². The molecule has 0 radical (unpaired) electrons. The van der Waals surface area contributed by atoms with E-state index in [1.54, 1.807) is 7.11 Å². The maximum Gasteiger partial charge on any atom is 0.119 e. The second-order valence-corrected chi connectivity index (χ2v) is 5.72. The molecule has 1 aromatic rings. The molecule has 0 saturated carbocycles. The van der Waals surface area contributed by atoms with Gasteiger partial charge in [-0.3, -0.25) is 0 Å². The van der Waals surface area contributed by atoms with Crippen LogP contribution in [0.1, 0.15) is 18.4 Å². The summed E-state index contributed by atoms with van der Waals surface area (Å²) in [5.41, 5.74) is 0.902. The van der Waals surface area contributed by atoms with Gasteiger partial charge in [-0.2, -0.15) is 0 Å². The van der Waals surface area contributed by atoms with E-state index >= 15 is 0 Å². The molecular weight excluding hydrogens is 310 g/mol. The summed E-state index contributed by atoms with van der Waals surface area (Å²) in [4.78, 5) is 0. The number of halogens is 1. The molecule has 0 atom stereocenters. The lowest BCUT2D eigenvalue weighted by atomic mass is 9.90. The number of methoxy groups -OCH3 is 1. The highest BCUT2D eigenvalue weighted by atomic mass is 79.9. The van der Waals surface area contributed by atoms with Crippen LogP contribution in [0.4, 0.5) is 0 Å². The first-order chi connectivity index (χ1) is 9.19. The maximum absolute atomic E-state index is 9.64. The molecule has 0 bridgehead atoms. The third kappa shape index (κ3) is 3.69. The molecule has 0 aromatic heterocycles. The molecule has 1 aliphatic rings. The Morgan fingerprint density at radius 1 is 1.42 bits per heavy atom. The van der Waals surface area contributed by atoms with Crippen LogP contribution in [0.15, 0.2) is 22.7 Å². The SMILES string of the molecule is COc1ccc(Br)c(CNC2(CO)CCOCC2)c1. The zero-order chi connectivity index (χ0) is 13.7. The Morgan fingerprint density at radius 2 is 2.16 bits per heavy atom. The van der Waals surface area contributed by atoms with Crippen LogP contribution in [0, 0.1) is 0 Å². The average molecular weight is 330 g/mol. The Labute approximate surface area is 122 Å². The van der Waals surface area contributed by atoms with Crippen molar-refractivity contribution in [2.75, 3.05) is 26.9 Å². The maximum atomic E-state index is 9.64. The Bertz CT molecular complexity index is 419. The van der Waals surface area contributed by atoms with Crippen molar-refractivity contribution in [1.29, 1.82) is 0 Å². The van der Waals surface area contributed by atoms with Gasteiger partial charge in [0.05, 0.1) is 13.7 Å². The van der Waals surface area contributed by atoms with Crippen LogP contribution in [-0.4, -0.2) is 37.6 Å². The van der Waals surface area contributed by atoms with E-state index in [4.69, 9.17) is 9.47 Å². The lowest BCUT2D eigenvalue weighted by Crippen LogP contribution is -2.51. The molecule has 2 N–H and O–H groups in total. The van der Waals surface area contributed by atoms with E-state index in [2.05, 4.69) is 21.2 Å². The van der Waals surface area contributed by atoms with Gasteiger partial charge in [-0.1, -0.05) is 15.9 Å². The fourth-order valence-corrected chi connectivity index (χ4v) is 2.64. The zero-order valence-corrected chi connectivity index (χ0v) is 12.7. The number of ether oxygens (including phenoxy) is 2. The Balaban J connectivity index is 2.04. The Kier molecular flexibility index (Phi) is 5.21. The van der Waals surface area contributed by atoms with Crippen molar-refractivity contribution < 1.29 is 14.6 Å². The van der Waals surface area contributed by atoms with E-state index in [-0.39, 0.29) is 12.1 Å². The molecule has 5 heteroatoms. The number of hydrogen-bond acceptors (Lipinski definition) is 4. The number of rotatable bonds is 5. The fraction of sp³-hybridized carbons (Fsp3) is 0.571. The molecule has 0 amide bonds. The second kappa shape index (κ2) is 6.70. The summed E-state index contributed by atoms with van der Waals surface area (Å²) in [6.07, 6.45) is 1.68. The molecule has 0 aliphatic carbocycles. The highest BCUT2D eigenvalue weighted by Gasteiger charge is 2.31. The predicted octanol–water partition coefficient (Wildman–Crippen LogP) is 2.09. The second-order valence-electron chi connectivity index (χ2n) is 4.86. The van der Waals surface area contributed by atoms with Crippen molar-refractivity contribution in [3.63, 3.8) is 0 Å². The van der Waals surface area contributed by atoms with Gasteiger partial charge in [-0.25, -0.2) is 0 Å². The van der Waals surface area contributed by atoms with Crippen LogP contribution < -0.4 is 10.1 Å². The number of benzene rings is 1. The molecule has 2 rings (SSSR count). The minimum atomic E-state index is -0.221. The normalized spacial score (nSPS) is 18.3. The van der Waals surface area contributed by atoms with Gasteiger partial charge in [0, 0.05) is 29.8 Å². The molecule has 0 unspecified atom stereocenters. The minimum Gasteiger partial charge on any atom is -0.497 e. The van der Waals surface area contributed by atoms with Gasteiger partial charge < -0.3 is 19.9 Å². The van der Waals surface area contributed by atoms with Gasteiger partial charge >= 0.3 is 0 Å². The zero-order valence-electron chi connectivity index (χ0n) is 11.1. The third-order valence-corrected chi connectivity index (χ3v) is 4.43.